The Balaban J connectivity index is 2.46. The molecule has 1 amide bonds. The van der Waals surface area contributed by atoms with Crippen molar-refractivity contribution in [1.82, 2.24) is 5.32 Å². The standard InChI is InChI=1S/C14H21BrN2O/c1-10(2)7-12(8-16)14(18)17-9-11-3-5-13(15)6-4-11/h3-6,10,12H,7-9,16H2,1-2H3,(H,17,18). The van der Waals surface area contributed by atoms with Crippen molar-refractivity contribution in [3.8, 4) is 0 Å². The van der Waals surface area contributed by atoms with Crippen LogP contribution in [-0.4, -0.2) is 12.5 Å². The molecule has 0 fully saturated rings. The Morgan fingerprint density at radius 2 is 1.94 bits per heavy atom. The summed E-state index contributed by atoms with van der Waals surface area (Å²) in [5, 5.41) is 2.94. The van der Waals surface area contributed by atoms with Crippen LogP contribution < -0.4 is 11.1 Å². The molecule has 4 heteroatoms. The second-order valence-corrected chi connectivity index (χ2v) is 5.82. The third kappa shape index (κ3) is 5.19. The lowest BCUT2D eigenvalue weighted by atomic mass is 9.96. The Morgan fingerprint density at radius 1 is 1.33 bits per heavy atom. The molecule has 1 unspecified atom stereocenters. The van der Waals surface area contributed by atoms with Gasteiger partial charge >= 0.3 is 0 Å². The largest absolute Gasteiger partial charge is 0.352 e. The van der Waals surface area contributed by atoms with Gasteiger partial charge in [0, 0.05) is 17.6 Å². The summed E-state index contributed by atoms with van der Waals surface area (Å²) < 4.78 is 1.04. The molecule has 18 heavy (non-hydrogen) atoms. The summed E-state index contributed by atoms with van der Waals surface area (Å²) in [4.78, 5) is 11.9. The highest BCUT2D eigenvalue weighted by Gasteiger charge is 2.17. The maximum Gasteiger partial charge on any atom is 0.224 e. The van der Waals surface area contributed by atoms with Crippen LogP contribution in [0.5, 0.6) is 0 Å². The van der Waals surface area contributed by atoms with E-state index in [9.17, 15) is 4.79 Å². The molecule has 0 saturated heterocycles. The monoisotopic (exact) mass is 312 g/mol. The molecule has 0 bridgehead atoms. The van der Waals surface area contributed by atoms with Gasteiger partial charge in [0.05, 0.1) is 5.92 Å². The average molecular weight is 313 g/mol. The molecular formula is C14H21BrN2O. The van der Waals surface area contributed by atoms with E-state index in [1.54, 1.807) is 0 Å². The summed E-state index contributed by atoms with van der Waals surface area (Å²) in [5.74, 6) is 0.451. The Bertz CT molecular complexity index is 376. The lowest BCUT2D eigenvalue weighted by Crippen LogP contribution is -2.35. The molecule has 1 atom stereocenters. The minimum atomic E-state index is -0.0829. The predicted octanol–water partition coefficient (Wildman–Crippen LogP) is 2.69. The van der Waals surface area contributed by atoms with Crippen LogP contribution in [0.15, 0.2) is 28.7 Å². The van der Waals surface area contributed by atoms with Gasteiger partial charge in [-0.1, -0.05) is 41.9 Å². The lowest BCUT2D eigenvalue weighted by Gasteiger charge is -2.16. The van der Waals surface area contributed by atoms with E-state index in [-0.39, 0.29) is 11.8 Å². The first-order chi connectivity index (χ1) is 8.52. The van der Waals surface area contributed by atoms with Crippen LogP contribution in [0.4, 0.5) is 0 Å². The summed E-state index contributed by atoms with van der Waals surface area (Å²) >= 11 is 3.38. The van der Waals surface area contributed by atoms with Crippen molar-refractivity contribution in [2.75, 3.05) is 6.54 Å². The molecule has 3 nitrogen and oxygen atoms in total. The van der Waals surface area contributed by atoms with E-state index in [1.165, 1.54) is 0 Å². The summed E-state index contributed by atoms with van der Waals surface area (Å²) in [6.45, 7) is 5.17. The molecule has 0 radical (unpaired) electrons. The van der Waals surface area contributed by atoms with Gasteiger partial charge in [-0.2, -0.15) is 0 Å². The maximum atomic E-state index is 11.9. The molecule has 1 aromatic rings. The number of carbonyl (C=O) groups is 1. The molecule has 1 rings (SSSR count). The number of benzene rings is 1. The van der Waals surface area contributed by atoms with Gasteiger partial charge in [-0.3, -0.25) is 4.79 Å². The van der Waals surface area contributed by atoms with Gasteiger partial charge in [-0.25, -0.2) is 0 Å². The maximum absolute atomic E-state index is 11.9. The van der Waals surface area contributed by atoms with Gasteiger partial charge in [0.15, 0.2) is 0 Å². The molecule has 100 valence electrons. The third-order valence-electron chi connectivity index (χ3n) is 2.79. The van der Waals surface area contributed by atoms with Crippen LogP contribution in [0.25, 0.3) is 0 Å². The first-order valence-corrected chi connectivity index (χ1v) is 7.04. The van der Waals surface area contributed by atoms with Crippen molar-refractivity contribution in [1.29, 1.82) is 0 Å². The van der Waals surface area contributed by atoms with E-state index in [2.05, 4.69) is 35.1 Å². The highest BCUT2D eigenvalue weighted by Crippen LogP contribution is 2.12. The molecule has 0 spiro atoms. The number of nitrogens with one attached hydrogen (secondary N) is 1. The van der Waals surface area contributed by atoms with Crippen LogP contribution in [0.3, 0.4) is 0 Å². The Hall–Kier alpha value is -0.870. The van der Waals surface area contributed by atoms with Crippen LogP contribution in [0, 0.1) is 11.8 Å². The van der Waals surface area contributed by atoms with E-state index < -0.39 is 0 Å². The predicted molar refractivity (Wildman–Crippen MR) is 78.0 cm³/mol. The van der Waals surface area contributed by atoms with Crippen molar-refractivity contribution in [2.24, 2.45) is 17.6 Å². The Morgan fingerprint density at radius 3 is 2.44 bits per heavy atom. The Kier molecular flexibility index (Phi) is 6.36. The van der Waals surface area contributed by atoms with Gasteiger partial charge in [0.1, 0.15) is 0 Å². The SMILES string of the molecule is CC(C)CC(CN)C(=O)NCc1ccc(Br)cc1. The zero-order valence-corrected chi connectivity index (χ0v) is 12.5. The zero-order valence-electron chi connectivity index (χ0n) is 10.9. The fourth-order valence-corrected chi connectivity index (χ4v) is 2.08. The van der Waals surface area contributed by atoms with Crippen molar-refractivity contribution >= 4 is 21.8 Å². The van der Waals surface area contributed by atoms with Crippen molar-refractivity contribution in [3.63, 3.8) is 0 Å². The summed E-state index contributed by atoms with van der Waals surface area (Å²) in [7, 11) is 0. The van der Waals surface area contributed by atoms with Gasteiger partial charge in [0.25, 0.3) is 0 Å². The normalized spacial score (nSPS) is 12.5. The third-order valence-corrected chi connectivity index (χ3v) is 3.32. The second kappa shape index (κ2) is 7.54. The number of hydrogen-bond acceptors (Lipinski definition) is 2. The minimum absolute atomic E-state index is 0.0501. The highest BCUT2D eigenvalue weighted by molar-refractivity contribution is 9.10. The van der Waals surface area contributed by atoms with E-state index in [0.29, 0.717) is 19.0 Å². The summed E-state index contributed by atoms with van der Waals surface area (Å²) in [6.07, 6.45) is 0.836. The number of carbonyl (C=O) groups excluding carboxylic acids is 1. The average Bonchev–Trinajstić information content (AvgIpc) is 2.34. The van der Waals surface area contributed by atoms with E-state index >= 15 is 0 Å². The topological polar surface area (TPSA) is 55.1 Å². The van der Waals surface area contributed by atoms with Crippen molar-refractivity contribution < 1.29 is 4.79 Å². The fourth-order valence-electron chi connectivity index (χ4n) is 1.82. The molecule has 3 N–H and O–H groups in total. The summed E-state index contributed by atoms with van der Waals surface area (Å²) in [6, 6.07) is 7.92. The van der Waals surface area contributed by atoms with Gasteiger partial charge in [-0.05, 0) is 30.0 Å². The number of nitrogens with two attached hydrogens (primary N) is 1. The second-order valence-electron chi connectivity index (χ2n) is 4.91. The van der Waals surface area contributed by atoms with Crippen LogP contribution in [0.1, 0.15) is 25.8 Å². The van der Waals surface area contributed by atoms with Gasteiger partial charge in [-0.15, -0.1) is 0 Å². The van der Waals surface area contributed by atoms with Gasteiger partial charge in [0.2, 0.25) is 5.91 Å². The molecule has 0 saturated carbocycles. The van der Waals surface area contributed by atoms with Crippen LogP contribution in [-0.2, 0) is 11.3 Å². The molecule has 0 aliphatic heterocycles. The smallest absolute Gasteiger partial charge is 0.224 e. The first kappa shape index (κ1) is 15.2. The number of amides is 1. The van der Waals surface area contributed by atoms with Crippen LogP contribution >= 0.6 is 15.9 Å². The molecule has 0 aliphatic carbocycles. The zero-order chi connectivity index (χ0) is 13.5. The molecule has 0 heterocycles. The van der Waals surface area contributed by atoms with Crippen molar-refractivity contribution in [2.45, 2.75) is 26.8 Å². The fraction of sp³-hybridized carbons (Fsp3) is 0.500. The quantitative estimate of drug-likeness (QED) is 0.848. The Labute approximate surface area is 117 Å². The molecule has 0 aromatic heterocycles. The first-order valence-electron chi connectivity index (χ1n) is 6.25. The lowest BCUT2D eigenvalue weighted by molar-refractivity contribution is -0.125. The molecular weight excluding hydrogens is 292 g/mol. The molecule has 1 aromatic carbocycles. The van der Waals surface area contributed by atoms with Crippen molar-refractivity contribution in [3.05, 3.63) is 34.3 Å². The number of rotatable bonds is 6. The summed E-state index contributed by atoms with van der Waals surface area (Å²) in [5.41, 5.74) is 6.73. The number of hydrogen-bond donors (Lipinski definition) is 2. The minimum Gasteiger partial charge on any atom is -0.352 e. The van der Waals surface area contributed by atoms with Gasteiger partial charge < -0.3 is 11.1 Å². The number of halogens is 1. The van der Waals surface area contributed by atoms with Crippen LogP contribution in [0.2, 0.25) is 0 Å². The van der Waals surface area contributed by atoms with E-state index in [1.807, 2.05) is 24.3 Å². The van der Waals surface area contributed by atoms with E-state index in [0.717, 1.165) is 16.5 Å². The highest BCUT2D eigenvalue weighted by atomic mass is 79.9. The molecule has 0 aliphatic rings. The van der Waals surface area contributed by atoms with E-state index in [4.69, 9.17) is 5.73 Å².